The van der Waals surface area contributed by atoms with Crippen molar-refractivity contribution in [1.29, 1.82) is 0 Å². The maximum atomic E-state index is 13.5. The van der Waals surface area contributed by atoms with Gasteiger partial charge in [-0.1, -0.05) is 25.5 Å². The van der Waals surface area contributed by atoms with Crippen molar-refractivity contribution in [3.8, 4) is 5.75 Å². The number of rotatable bonds is 13. The topological polar surface area (TPSA) is 106 Å². The molecule has 0 radical (unpaired) electrons. The first-order valence-corrected chi connectivity index (χ1v) is 12.9. The molecule has 0 spiro atoms. The van der Waals surface area contributed by atoms with E-state index in [0.717, 1.165) is 38.0 Å². The average Bonchev–Trinajstić information content (AvgIpc) is 3.29. The molecular formula is C31H34N2O5. The fourth-order valence-corrected chi connectivity index (χ4v) is 4.33. The molecule has 38 heavy (non-hydrogen) atoms. The first kappa shape index (κ1) is 26.9. The first-order chi connectivity index (χ1) is 18.4. The molecule has 0 fully saturated rings. The van der Waals surface area contributed by atoms with E-state index in [2.05, 4.69) is 18.9 Å². The highest BCUT2D eigenvalue weighted by molar-refractivity contribution is 6.17. The minimum absolute atomic E-state index is 0.122. The van der Waals surface area contributed by atoms with E-state index in [-0.39, 0.29) is 11.3 Å². The second kappa shape index (κ2) is 12.4. The van der Waals surface area contributed by atoms with E-state index in [9.17, 15) is 14.7 Å². The number of nitrogen functional groups attached to an aromatic ring is 1. The molecule has 1 aromatic heterocycles. The number of unbranched alkanes of at least 4 members (excludes halogenated alkanes) is 1. The lowest BCUT2D eigenvalue weighted by Crippen LogP contribution is -2.26. The predicted octanol–water partition coefficient (Wildman–Crippen LogP) is 5.84. The van der Waals surface area contributed by atoms with Gasteiger partial charge in [-0.25, -0.2) is 4.79 Å². The first-order valence-electron chi connectivity index (χ1n) is 12.9. The number of likely N-dealkylation sites (N-methyl/N-ethyl adjacent to an activating group) is 1. The van der Waals surface area contributed by atoms with Crippen LogP contribution in [0.1, 0.15) is 57.4 Å². The molecule has 198 valence electrons. The van der Waals surface area contributed by atoms with Crippen LogP contribution in [0.4, 0.5) is 5.69 Å². The van der Waals surface area contributed by atoms with Gasteiger partial charge in [0, 0.05) is 36.1 Å². The summed E-state index contributed by atoms with van der Waals surface area (Å²) in [6.07, 6.45) is 3.37. The van der Waals surface area contributed by atoms with Crippen molar-refractivity contribution in [2.24, 2.45) is 0 Å². The van der Waals surface area contributed by atoms with Crippen LogP contribution in [0.15, 0.2) is 71.1 Å². The molecular weight excluding hydrogens is 480 g/mol. The molecule has 4 rings (SSSR count). The van der Waals surface area contributed by atoms with Gasteiger partial charge in [-0.15, -0.1) is 0 Å². The second-order valence-corrected chi connectivity index (χ2v) is 9.52. The van der Waals surface area contributed by atoms with Gasteiger partial charge in [0.15, 0.2) is 5.78 Å². The maximum absolute atomic E-state index is 13.5. The lowest BCUT2D eigenvalue weighted by molar-refractivity contribution is 0.0696. The number of nitrogens with two attached hydrogens (primary N) is 1. The fraction of sp³-hybridized carbons (Fsp3) is 0.290. The molecule has 7 heteroatoms. The smallest absolute Gasteiger partial charge is 0.335 e. The van der Waals surface area contributed by atoms with Gasteiger partial charge in [-0.3, -0.25) is 4.79 Å². The number of ether oxygens (including phenoxy) is 1. The zero-order valence-electron chi connectivity index (χ0n) is 21.9. The summed E-state index contributed by atoms with van der Waals surface area (Å²) in [7, 11) is 2.06. The molecule has 0 bridgehead atoms. The quantitative estimate of drug-likeness (QED) is 0.171. The molecule has 0 atom stereocenters. The molecule has 0 aliphatic rings. The summed E-state index contributed by atoms with van der Waals surface area (Å²) in [4.78, 5) is 27.3. The number of carbonyl (C=O) groups is 2. The number of fused-ring (bicyclic) bond motifs is 1. The van der Waals surface area contributed by atoms with Crippen LogP contribution in [0.25, 0.3) is 11.0 Å². The summed E-state index contributed by atoms with van der Waals surface area (Å²) in [5, 5.41) is 9.96. The van der Waals surface area contributed by atoms with Crippen LogP contribution in [-0.4, -0.2) is 48.5 Å². The van der Waals surface area contributed by atoms with Gasteiger partial charge in [0.25, 0.3) is 0 Å². The number of carboxylic acids is 1. The highest BCUT2D eigenvalue weighted by atomic mass is 16.5. The van der Waals surface area contributed by atoms with E-state index >= 15 is 0 Å². The third-order valence-electron chi connectivity index (χ3n) is 6.61. The summed E-state index contributed by atoms with van der Waals surface area (Å²) < 4.78 is 11.9. The van der Waals surface area contributed by atoms with Crippen LogP contribution < -0.4 is 10.5 Å². The van der Waals surface area contributed by atoms with Crippen LogP contribution in [-0.2, 0) is 12.8 Å². The van der Waals surface area contributed by atoms with E-state index in [1.165, 1.54) is 17.7 Å². The van der Waals surface area contributed by atoms with Crippen molar-refractivity contribution in [1.82, 2.24) is 4.90 Å². The SMILES string of the molecule is CCCCc1oc2ccc(C(=O)O)cc2c1C(=O)c1ccc(OCCN(C)CCc2ccc(N)cc2)cc1. The summed E-state index contributed by atoms with van der Waals surface area (Å²) in [5.74, 6) is 0.0481. The lowest BCUT2D eigenvalue weighted by atomic mass is 9.97. The number of hydrogen-bond acceptors (Lipinski definition) is 6. The van der Waals surface area contributed by atoms with Crippen LogP contribution in [0.5, 0.6) is 5.75 Å². The molecule has 0 saturated carbocycles. The van der Waals surface area contributed by atoms with Gasteiger partial charge in [0.2, 0.25) is 0 Å². The molecule has 0 aliphatic heterocycles. The number of carboxylic acid groups (broad SMARTS) is 1. The minimum atomic E-state index is -1.04. The number of benzene rings is 3. The van der Waals surface area contributed by atoms with Gasteiger partial charge in [-0.2, -0.15) is 0 Å². The second-order valence-electron chi connectivity index (χ2n) is 9.52. The highest BCUT2D eigenvalue weighted by Gasteiger charge is 2.23. The molecule has 1 heterocycles. The van der Waals surface area contributed by atoms with E-state index in [1.807, 2.05) is 24.3 Å². The van der Waals surface area contributed by atoms with Gasteiger partial charge >= 0.3 is 5.97 Å². The summed E-state index contributed by atoms with van der Waals surface area (Å²) in [6.45, 7) is 4.27. The number of furan rings is 1. The molecule has 0 aliphatic carbocycles. The van der Waals surface area contributed by atoms with Crippen LogP contribution in [0, 0.1) is 0 Å². The number of nitrogens with zero attached hydrogens (tertiary/aromatic N) is 1. The molecule has 7 nitrogen and oxygen atoms in total. The Morgan fingerprint density at radius 2 is 1.66 bits per heavy atom. The Hall–Kier alpha value is -4.10. The van der Waals surface area contributed by atoms with Gasteiger partial charge < -0.3 is 24.9 Å². The van der Waals surface area contributed by atoms with Crippen molar-refractivity contribution in [2.45, 2.75) is 32.6 Å². The Balaban J connectivity index is 1.39. The van der Waals surface area contributed by atoms with E-state index < -0.39 is 5.97 Å². The third kappa shape index (κ3) is 6.61. The fourth-order valence-electron chi connectivity index (χ4n) is 4.33. The summed E-state index contributed by atoms with van der Waals surface area (Å²) >= 11 is 0. The zero-order valence-corrected chi connectivity index (χ0v) is 21.9. The van der Waals surface area contributed by atoms with Crippen molar-refractivity contribution >= 4 is 28.4 Å². The van der Waals surface area contributed by atoms with Gasteiger partial charge in [-0.05, 0) is 80.1 Å². The molecule has 0 saturated heterocycles. The number of aryl methyl sites for hydroxylation is 1. The summed E-state index contributed by atoms with van der Waals surface area (Å²) in [6, 6.07) is 19.6. The molecule has 0 amide bonds. The molecule has 3 N–H and O–H groups in total. The monoisotopic (exact) mass is 514 g/mol. The Morgan fingerprint density at radius 3 is 2.34 bits per heavy atom. The van der Waals surface area contributed by atoms with Crippen molar-refractivity contribution in [3.63, 3.8) is 0 Å². The molecule has 3 aromatic carbocycles. The lowest BCUT2D eigenvalue weighted by Gasteiger charge is -2.17. The largest absolute Gasteiger partial charge is 0.492 e. The van der Waals surface area contributed by atoms with Crippen LogP contribution in [0.2, 0.25) is 0 Å². The zero-order chi connectivity index (χ0) is 27.1. The predicted molar refractivity (Wildman–Crippen MR) is 149 cm³/mol. The van der Waals surface area contributed by atoms with Crippen LogP contribution in [0.3, 0.4) is 0 Å². The Morgan fingerprint density at radius 1 is 0.947 bits per heavy atom. The standard InChI is InChI=1S/C31H34N2O5/c1-3-4-5-28-29(26-20-23(31(35)36)10-15-27(26)38-28)30(34)22-8-13-25(14-9-22)37-19-18-33(2)17-16-21-6-11-24(32)12-7-21/h6-15,20H,3-5,16-19,32H2,1-2H3,(H,35,36). The van der Waals surface area contributed by atoms with Crippen molar-refractivity contribution in [2.75, 3.05) is 32.5 Å². The normalized spacial score (nSPS) is 11.2. The highest BCUT2D eigenvalue weighted by Crippen LogP contribution is 2.31. The van der Waals surface area contributed by atoms with E-state index in [4.69, 9.17) is 14.9 Å². The van der Waals surface area contributed by atoms with Gasteiger partial charge in [0.1, 0.15) is 23.7 Å². The number of aromatic carboxylic acids is 1. The number of anilines is 1. The minimum Gasteiger partial charge on any atom is -0.492 e. The molecule has 4 aromatic rings. The Bertz CT molecular complexity index is 1390. The average molecular weight is 515 g/mol. The van der Waals surface area contributed by atoms with Crippen molar-refractivity contribution in [3.05, 3.63) is 94.7 Å². The van der Waals surface area contributed by atoms with E-state index in [0.29, 0.717) is 46.6 Å². The van der Waals surface area contributed by atoms with E-state index in [1.54, 1.807) is 30.3 Å². The van der Waals surface area contributed by atoms with Crippen LogP contribution >= 0.6 is 0 Å². The number of carbonyl (C=O) groups excluding carboxylic acids is 1. The number of ketones is 1. The number of hydrogen-bond donors (Lipinski definition) is 2. The third-order valence-corrected chi connectivity index (χ3v) is 6.61. The Labute approximate surface area is 222 Å². The Kier molecular flexibility index (Phi) is 8.81. The molecule has 0 unspecified atom stereocenters. The van der Waals surface area contributed by atoms with Gasteiger partial charge in [0.05, 0.1) is 11.1 Å². The summed E-state index contributed by atoms with van der Waals surface area (Å²) in [5.41, 5.74) is 9.34. The maximum Gasteiger partial charge on any atom is 0.335 e. The van der Waals surface area contributed by atoms with Crippen molar-refractivity contribution < 1.29 is 23.8 Å².